The quantitative estimate of drug-likeness (QED) is 0.197. The van der Waals surface area contributed by atoms with Gasteiger partial charge in [0.1, 0.15) is 10.8 Å². The number of piperidine rings is 1. The van der Waals surface area contributed by atoms with E-state index < -0.39 is 18.3 Å². The maximum absolute atomic E-state index is 13.3. The molecule has 1 aliphatic carbocycles. The van der Waals surface area contributed by atoms with Crippen molar-refractivity contribution in [2.24, 2.45) is 5.92 Å². The summed E-state index contributed by atoms with van der Waals surface area (Å²) >= 11 is 1.52. The Labute approximate surface area is 230 Å². The van der Waals surface area contributed by atoms with E-state index in [0.717, 1.165) is 37.4 Å². The highest BCUT2D eigenvalue weighted by Gasteiger charge is 2.43. The maximum atomic E-state index is 13.3. The summed E-state index contributed by atoms with van der Waals surface area (Å²) in [7, 11) is 1.40. The van der Waals surface area contributed by atoms with E-state index >= 15 is 0 Å². The van der Waals surface area contributed by atoms with Crippen molar-refractivity contribution in [3.8, 4) is 0 Å². The van der Waals surface area contributed by atoms with Gasteiger partial charge in [0.05, 0.1) is 24.3 Å². The van der Waals surface area contributed by atoms with Crippen LogP contribution in [0.2, 0.25) is 0 Å². The topological polar surface area (TPSA) is 80.8 Å². The van der Waals surface area contributed by atoms with Crippen molar-refractivity contribution in [2.45, 2.75) is 95.9 Å². The first-order chi connectivity index (χ1) is 18.2. The number of nitrogens with zero attached hydrogens (tertiary/aromatic N) is 2. The number of alkyl halides is 2. The largest absolute Gasteiger partial charge is 0.469 e. The number of amides is 1. The first kappa shape index (κ1) is 32.0. The highest BCUT2D eigenvalue weighted by atomic mass is 32.2. The van der Waals surface area contributed by atoms with E-state index in [2.05, 4.69) is 23.7 Å². The zero-order valence-corrected chi connectivity index (χ0v) is 24.2. The van der Waals surface area contributed by atoms with Crippen LogP contribution < -0.4 is 10.2 Å². The average Bonchev–Trinajstić information content (AvgIpc) is 3.22. The molecule has 1 aliphatic heterocycles. The second-order valence-electron chi connectivity index (χ2n) is 9.59. The highest BCUT2D eigenvalue weighted by Crippen LogP contribution is 2.40. The number of aromatic nitrogens is 1. The number of pyridine rings is 1. The normalized spacial score (nSPS) is 23.2. The average molecular weight is 556 g/mol. The molecule has 0 aromatic carbocycles. The third-order valence-corrected chi connectivity index (χ3v) is 8.16. The van der Waals surface area contributed by atoms with Gasteiger partial charge in [-0.25, -0.2) is 4.98 Å². The van der Waals surface area contributed by atoms with Gasteiger partial charge in [0, 0.05) is 25.9 Å². The van der Waals surface area contributed by atoms with Crippen molar-refractivity contribution < 1.29 is 27.8 Å². The van der Waals surface area contributed by atoms with Crippen LogP contribution in [0.3, 0.4) is 0 Å². The van der Waals surface area contributed by atoms with E-state index in [1.807, 2.05) is 19.9 Å². The van der Waals surface area contributed by atoms with Crippen molar-refractivity contribution >= 4 is 29.5 Å². The Morgan fingerprint density at radius 3 is 2.68 bits per heavy atom. The lowest BCUT2D eigenvalue weighted by atomic mass is 9.95. The molecule has 2 heterocycles. The fourth-order valence-corrected chi connectivity index (χ4v) is 5.87. The summed E-state index contributed by atoms with van der Waals surface area (Å²) in [5.74, 6) is 1.27. The first-order valence-electron chi connectivity index (χ1n) is 13.6. The Morgan fingerprint density at radius 2 is 2.05 bits per heavy atom. The van der Waals surface area contributed by atoms with E-state index in [-0.39, 0.29) is 30.6 Å². The van der Waals surface area contributed by atoms with Crippen LogP contribution in [0.1, 0.15) is 83.0 Å². The van der Waals surface area contributed by atoms with Crippen molar-refractivity contribution in [1.82, 2.24) is 10.3 Å². The van der Waals surface area contributed by atoms with Gasteiger partial charge in [-0.1, -0.05) is 39.8 Å². The summed E-state index contributed by atoms with van der Waals surface area (Å²) in [6, 6.07) is 3.17. The third-order valence-electron chi connectivity index (χ3n) is 6.97. The van der Waals surface area contributed by atoms with E-state index in [0.29, 0.717) is 35.5 Å². The Bertz CT molecular complexity index is 949. The minimum atomic E-state index is -2.87. The molecule has 1 N–H and O–H groups in total. The summed E-state index contributed by atoms with van der Waals surface area (Å²) in [4.78, 5) is 32.0. The van der Waals surface area contributed by atoms with E-state index in [9.17, 15) is 18.4 Å². The number of hydrogen-bond acceptors (Lipinski definition) is 7. The Morgan fingerprint density at radius 1 is 1.32 bits per heavy atom. The zero-order chi connectivity index (χ0) is 28.3. The van der Waals surface area contributed by atoms with E-state index in [4.69, 9.17) is 14.5 Å². The van der Waals surface area contributed by atoms with Gasteiger partial charge in [-0.05, 0) is 55.9 Å². The summed E-state index contributed by atoms with van der Waals surface area (Å²) in [6.45, 7) is 10.5. The van der Waals surface area contributed by atoms with Gasteiger partial charge >= 0.3 is 12.6 Å². The predicted octanol–water partition coefficient (Wildman–Crippen LogP) is 6.23. The van der Waals surface area contributed by atoms with Gasteiger partial charge in [-0.2, -0.15) is 8.78 Å². The van der Waals surface area contributed by atoms with Gasteiger partial charge in [0.15, 0.2) is 0 Å². The number of anilines is 1. The molecule has 1 aromatic rings. The Kier molecular flexibility index (Phi) is 13.0. The van der Waals surface area contributed by atoms with Crippen molar-refractivity contribution in [2.75, 3.05) is 30.9 Å². The molecular formula is C28H43F2N3O4S. The van der Waals surface area contributed by atoms with Crippen molar-refractivity contribution in [1.29, 1.82) is 0 Å². The smallest absolute Gasteiger partial charge is 0.345 e. The molecule has 1 aromatic heterocycles. The van der Waals surface area contributed by atoms with E-state index in [1.165, 1.54) is 18.9 Å². The number of methoxy groups -OCH3 is 1. The molecule has 1 amide bonds. The standard InChI is InChI=1S/C26H37F2N3O4S.C2H6/c1-5-12-36-24-19(23(33)29-20-15-26(6-2,14-17(20)3)35-25(27)28)9-10-21(30-24)31-11-7-8-18(16-31)13-22(32)34-4;1-2/h9-10,18,20,25H,3,5-8,11-16H2,1-2,4H3,(H,29,33);1-2H3/t18?,20?,26-;/m0./s1. The number of esters is 1. The summed E-state index contributed by atoms with van der Waals surface area (Å²) in [6.07, 6.45) is 4.17. The van der Waals surface area contributed by atoms with Crippen molar-refractivity contribution in [3.05, 3.63) is 29.8 Å². The van der Waals surface area contributed by atoms with Crippen LogP contribution in [0, 0.1) is 5.92 Å². The van der Waals surface area contributed by atoms with Gasteiger partial charge in [0.2, 0.25) is 0 Å². The highest BCUT2D eigenvalue weighted by molar-refractivity contribution is 7.99. The van der Waals surface area contributed by atoms with Crippen LogP contribution in [-0.2, 0) is 14.3 Å². The molecule has 10 heteroatoms. The zero-order valence-electron chi connectivity index (χ0n) is 23.4. The maximum Gasteiger partial charge on any atom is 0.345 e. The number of halogens is 2. The molecule has 2 aliphatic rings. The lowest BCUT2D eigenvalue weighted by molar-refractivity contribution is -0.207. The number of carbonyl (C=O) groups is 2. The Balaban J connectivity index is 0.00000247. The first-order valence-corrected chi connectivity index (χ1v) is 14.6. The number of thioether (sulfide) groups is 1. The van der Waals surface area contributed by atoms with Gasteiger partial charge in [0.25, 0.3) is 5.91 Å². The second kappa shape index (κ2) is 15.4. The molecule has 3 atom stereocenters. The molecule has 1 saturated heterocycles. The molecule has 0 radical (unpaired) electrons. The molecular weight excluding hydrogens is 512 g/mol. The molecule has 2 fully saturated rings. The minimum absolute atomic E-state index is 0.199. The van der Waals surface area contributed by atoms with Gasteiger partial charge < -0.3 is 19.7 Å². The molecule has 214 valence electrons. The fraction of sp³-hybridized carbons (Fsp3) is 0.679. The van der Waals surface area contributed by atoms with Crippen LogP contribution in [0.5, 0.6) is 0 Å². The monoisotopic (exact) mass is 555 g/mol. The van der Waals surface area contributed by atoms with Gasteiger partial charge in [-0.15, -0.1) is 11.8 Å². The number of carbonyl (C=O) groups excluding carboxylic acids is 2. The number of hydrogen-bond donors (Lipinski definition) is 1. The number of ether oxygens (including phenoxy) is 2. The minimum Gasteiger partial charge on any atom is -0.469 e. The molecule has 7 nitrogen and oxygen atoms in total. The number of nitrogens with one attached hydrogen (secondary N) is 1. The lowest BCUT2D eigenvalue weighted by Gasteiger charge is -2.33. The van der Waals surface area contributed by atoms with E-state index in [1.54, 1.807) is 13.0 Å². The molecule has 0 bridgehead atoms. The Hall–Kier alpha value is -2.20. The second-order valence-corrected chi connectivity index (χ2v) is 10.7. The molecule has 38 heavy (non-hydrogen) atoms. The summed E-state index contributed by atoms with van der Waals surface area (Å²) in [5, 5.41) is 3.61. The van der Waals surface area contributed by atoms with Crippen LogP contribution in [0.15, 0.2) is 29.3 Å². The predicted molar refractivity (Wildman–Crippen MR) is 148 cm³/mol. The number of rotatable bonds is 11. The van der Waals surface area contributed by atoms with Gasteiger partial charge in [-0.3, -0.25) is 9.59 Å². The van der Waals surface area contributed by atoms with Crippen LogP contribution in [0.4, 0.5) is 14.6 Å². The van der Waals surface area contributed by atoms with Crippen LogP contribution >= 0.6 is 11.8 Å². The summed E-state index contributed by atoms with van der Waals surface area (Å²) in [5.41, 5.74) is 0.125. The van der Waals surface area contributed by atoms with Crippen LogP contribution in [0.25, 0.3) is 0 Å². The molecule has 0 spiro atoms. The van der Waals surface area contributed by atoms with Crippen molar-refractivity contribution in [3.63, 3.8) is 0 Å². The lowest BCUT2D eigenvalue weighted by Crippen LogP contribution is -2.38. The SMILES string of the molecule is C=C1C[C@](CC)(OC(F)F)CC1NC(=O)c1ccc(N2CCCC(CC(=O)OC)C2)nc1SCCC.CC. The molecule has 1 saturated carbocycles. The fourth-order valence-electron chi connectivity index (χ4n) is 4.99. The third kappa shape index (κ3) is 8.66. The van der Waals surface area contributed by atoms with Crippen LogP contribution in [-0.4, -0.2) is 61.1 Å². The molecule has 2 unspecified atom stereocenters. The molecule has 3 rings (SSSR count). The summed E-state index contributed by atoms with van der Waals surface area (Å²) < 4.78 is 35.7.